The third-order valence-corrected chi connectivity index (χ3v) is 4.30. The van der Waals surface area contributed by atoms with Crippen LogP contribution in [0.5, 0.6) is 11.7 Å². The SMILES string of the molecule is NCC1CCCCC1NC(=O)c1ccc(Oc2ccccc2)o1. The molecule has 0 spiro atoms. The molecule has 5 nitrogen and oxygen atoms in total. The molecule has 2 aromatic rings. The lowest BCUT2D eigenvalue weighted by atomic mass is 9.84. The van der Waals surface area contributed by atoms with Gasteiger partial charge in [0.15, 0.2) is 5.76 Å². The second-order valence-corrected chi connectivity index (χ2v) is 5.89. The molecule has 1 aliphatic carbocycles. The van der Waals surface area contributed by atoms with Crippen LogP contribution >= 0.6 is 0 Å². The summed E-state index contributed by atoms with van der Waals surface area (Å²) in [6.45, 7) is 0.603. The van der Waals surface area contributed by atoms with Gasteiger partial charge < -0.3 is 20.2 Å². The van der Waals surface area contributed by atoms with Gasteiger partial charge in [-0.1, -0.05) is 31.0 Å². The minimum atomic E-state index is -0.210. The van der Waals surface area contributed by atoms with Gasteiger partial charge in [-0.25, -0.2) is 0 Å². The molecule has 122 valence electrons. The maximum atomic E-state index is 12.3. The Bertz CT molecular complexity index is 639. The first kappa shape index (κ1) is 15.6. The molecule has 0 radical (unpaired) electrons. The molecule has 1 amide bonds. The van der Waals surface area contributed by atoms with Crippen molar-refractivity contribution in [3.63, 3.8) is 0 Å². The third-order valence-electron chi connectivity index (χ3n) is 4.30. The molecule has 1 aliphatic rings. The van der Waals surface area contributed by atoms with E-state index in [0.717, 1.165) is 19.3 Å². The number of nitrogens with one attached hydrogen (secondary N) is 1. The number of furan rings is 1. The minimum Gasteiger partial charge on any atom is -0.426 e. The van der Waals surface area contributed by atoms with Gasteiger partial charge in [0.2, 0.25) is 0 Å². The van der Waals surface area contributed by atoms with Crippen molar-refractivity contribution >= 4 is 5.91 Å². The van der Waals surface area contributed by atoms with Crippen LogP contribution in [-0.2, 0) is 0 Å². The van der Waals surface area contributed by atoms with Gasteiger partial charge in [-0.2, -0.15) is 0 Å². The highest BCUT2D eigenvalue weighted by Gasteiger charge is 2.26. The molecule has 1 aromatic heterocycles. The summed E-state index contributed by atoms with van der Waals surface area (Å²) in [5.74, 6) is 1.38. The maximum Gasteiger partial charge on any atom is 0.290 e. The summed E-state index contributed by atoms with van der Waals surface area (Å²) in [5.41, 5.74) is 5.80. The molecule has 1 heterocycles. The monoisotopic (exact) mass is 314 g/mol. The van der Waals surface area contributed by atoms with Crippen molar-refractivity contribution in [2.75, 3.05) is 6.54 Å². The normalized spacial score (nSPS) is 20.9. The number of hydrogen-bond acceptors (Lipinski definition) is 4. The van der Waals surface area contributed by atoms with E-state index in [4.69, 9.17) is 14.9 Å². The molecule has 3 rings (SSSR count). The highest BCUT2D eigenvalue weighted by molar-refractivity contribution is 5.91. The lowest BCUT2D eigenvalue weighted by Gasteiger charge is -2.30. The van der Waals surface area contributed by atoms with Gasteiger partial charge in [0.05, 0.1) is 0 Å². The van der Waals surface area contributed by atoms with Crippen molar-refractivity contribution in [3.05, 3.63) is 48.2 Å². The van der Waals surface area contributed by atoms with Crippen LogP contribution in [0, 0.1) is 5.92 Å². The Morgan fingerprint density at radius 3 is 2.74 bits per heavy atom. The number of ether oxygens (including phenoxy) is 1. The van der Waals surface area contributed by atoms with Gasteiger partial charge in [-0.05, 0) is 43.5 Å². The Kier molecular flexibility index (Phi) is 4.98. The first-order chi connectivity index (χ1) is 11.3. The zero-order valence-corrected chi connectivity index (χ0v) is 13.0. The van der Waals surface area contributed by atoms with E-state index < -0.39 is 0 Å². The number of hydrogen-bond donors (Lipinski definition) is 2. The number of carbonyl (C=O) groups is 1. The van der Waals surface area contributed by atoms with Crippen LogP contribution in [0.25, 0.3) is 0 Å². The first-order valence-corrected chi connectivity index (χ1v) is 8.10. The number of rotatable bonds is 5. The highest BCUT2D eigenvalue weighted by Crippen LogP contribution is 2.26. The predicted molar refractivity (Wildman–Crippen MR) is 87.5 cm³/mol. The second kappa shape index (κ2) is 7.33. The van der Waals surface area contributed by atoms with Gasteiger partial charge in [-0.15, -0.1) is 0 Å². The highest BCUT2D eigenvalue weighted by atomic mass is 16.6. The molecule has 3 N–H and O–H groups in total. The zero-order valence-electron chi connectivity index (χ0n) is 13.0. The van der Waals surface area contributed by atoms with Crippen LogP contribution in [-0.4, -0.2) is 18.5 Å². The number of nitrogens with two attached hydrogens (primary N) is 1. The molecule has 2 atom stereocenters. The summed E-state index contributed by atoms with van der Waals surface area (Å²) < 4.78 is 11.1. The fraction of sp³-hybridized carbons (Fsp3) is 0.389. The molecule has 1 saturated carbocycles. The second-order valence-electron chi connectivity index (χ2n) is 5.89. The van der Waals surface area contributed by atoms with E-state index in [-0.39, 0.29) is 17.7 Å². The Hall–Kier alpha value is -2.27. The van der Waals surface area contributed by atoms with Gasteiger partial charge in [0, 0.05) is 12.1 Å². The van der Waals surface area contributed by atoms with Crippen molar-refractivity contribution < 1.29 is 13.9 Å². The van der Waals surface area contributed by atoms with Crippen LogP contribution in [0.3, 0.4) is 0 Å². The summed E-state index contributed by atoms with van der Waals surface area (Å²) >= 11 is 0. The molecule has 0 aliphatic heterocycles. The van der Waals surface area contributed by atoms with Crippen molar-refractivity contribution in [1.82, 2.24) is 5.32 Å². The van der Waals surface area contributed by atoms with Gasteiger partial charge >= 0.3 is 0 Å². The molecule has 23 heavy (non-hydrogen) atoms. The Morgan fingerprint density at radius 1 is 1.17 bits per heavy atom. The Balaban J connectivity index is 1.62. The van der Waals surface area contributed by atoms with E-state index in [1.54, 1.807) is 12.1 Å². The van der Waals surface area contributed by atoms with E-state index in [1.807, 2.05) is 30.3 Å². The summed E-state index contributed by atoms with van der Waals surface area (Å²) in [4.78, 5) is 12.3. The molecule has 0 bridgehead atoms. The third kappa shape index (κ3) is 3.93. The van der Waals surface area contributed by atoms with E-state index >= 15 is 0 Å². The van der Waals surface area contributed by atoms with Crippen LogP contribution in [0.1, 0.15) is 36.2 Å². The maximum absolute atomic E-state index is 12.3. The van der Waals surface area contributed by atoms with Crippen LogP contribution in [0.2, 0.25) is 0 Å². The quantitative estimate of drug-likeness (QED) is 0.887. The summed E-state index contributed by atoms with van der Waals surface area (Å²) in [7, 11) is 0. The predicted octanol–water partition coefficient (Wildman–Crippen LogP) is 3.32. The largest absolute Gasteiger partial charge is 0.426 e. The van der Waals surface area contributed by atoms with Crippen LogP contribution in [0.4, 0.5) is 0 Å². The van der Waals surface area contributed by atoms with E-state index in [0.29, 0.717) is 24.2 Å². The van der Waals surface area contributed by atoms with E-state index in [9.17, 15) is 4.79 Å². The van der Waals surface area contributed by atoms with Crippen molar-refractivity contribution in [3.8, 4) is 11.7 Å². The number of amides is 1. The molecule has 5 heteroatoms. The fourth-order valence-corrected chi connectivity index (χ4v) is 3.02. The number of para-hydroxylation sites is 1. The molecule has 2 unspecified atom stereocenters. The van der Waals surface area contributed by atoms with Crippen LogP contribution < -0.4 is 15.8 Å². The molecule has 1 aromatic carbocycles. The van der Waals surface area contributed by atoms with Gasteiger partial charge in [0.1, 0.15) is 5.75 Å². The Morgan fingerprint density at radius 2 is 1.96 bits per heavy atom. The van der Waals surface area contributed by atoms with Gasteiger partial charge in [0.25, 0.3) is 11.9 Å². The summed E-state index contributed by atoms with van der Waals surface area (Å²) in [6.07, 6.45) is 4.36. The summed E-state index contributed by atoms with van der Waals surface area (Å²) in [5, 5.41) is 3.05. The number of carbonyl (C=O) groups excluding carboxylic acids is 1. The lowest BCUT2D eigenvalue weighted by molar-refractivity contribution is 0.0875. The lowest BCUT2D eigenvalue weighted by Crippen LogP contribution is -2.44. The Labute approximate surface area is 135 Å². The molecule has 0 saturated heterocycles. The molecular formula is C18H22N2O3. The first-order valence-electron chi connectivity index (χ1n) is 8.10. The minimum absolute atomic E-state index is 0.129. The fourth-order valence-electron chi connectivity index (χ4n) is 3.02. The van der Waals surface area contributed by atoms with Gasteiger partial charge in [-0.3, -0.25) is 4.79 Å². The average Bonchev–Trinajstić information content (AvgIpc) is 3.05. The van der Waals surface area contributed by atoms with Crippen molar-refractivity contribution in [1.29, 1.82) is 0 Å². The number of benzene rings is 1. The zero-order chi connectivity index (χ0) is 16.1. The smallest absolute Gasteiger partial charge is 0.290 e. The standard InChI is InChI=1S/C18H22N2O3/c19-12-13-6-4-5-9-15(13)20-18(21)16-10-11-17(23-16)22-14-7-2-1-3-8-14/h1-3,7-8,10-11,13,15H,4-6,9,12,19H2,(H,20,21). The topological polar surface area (TPSA) is 77.5 Å². The van der Waals surface area contributed by atoms with Crippen molar-refractivity contribution in [2.45, 2.75) is 31.7 Å². The molecular weight excluding hydrogens is 292 g/mol. The van der Waals surface area contributed by atoms with E-state index in [2.05, 4.69) is 5.32 Å². The average molecular weight is 314 g/mol. The van der Waals surface area contributed by atoms with E-state index in [1.165, 1.54) is 6.42 Å². The summed E-state index contributed by atoms with van der Waals surface area (Å²) in [6, 6.07) is 12.7. The van der Waals surface area contributed by atoms with Crippen molar-refractivity contribution in [2.24, 2.45) is 11.7 Å². The molecule has 1 fully saturated rings. The van der Waals surface area contributed by atoms with Crippen LogP contribution in [0.15, 0.2) is 46.9 Å².